The summed E-state index contributed by atoms with van der Waals surface area (Å²) in [6.07, 6.45) is 2.11. The molecule has 1 saturated heterocycles. The Bertz CT molecular complexity index is 326. The maximum absolute atomic E-state index is 8.89. The molecule has 0 spiro atoms. The standard InChI is InChI=1S/C9H17N5O/c1-6-7(10)3-2-4-14(6)9-11-8(5-15)12-13-9/h6-7,15H,2-5,10H2,1H3,(H,11,12,13). The predicted molar refractivity (Wildman–Crippen MR) is 56.3 cm³/mol. The van der Waals surface area contributed by atoms with Crippen LogP contribution in [0.2, 0.25) is 0 Å². The highest BCUT2D eigenvalue weighted by Crippen LogP contribution is 2.20. The number of anilines is 1. The highest BCUT2D eigenvalue weighted by molar-refractivity contribution is 5.32. The van der Waals surface area contributed by atoms with Crippen molar-refractivity contribution in [2.45, 2.75) is 38.5 Å². The molecular weight excluding hydrogens is 194 g/mol. The number of aromatic amines is 1. The third kappa shape index (κ3) is 1.95. The van der Waals surface area contributed by atoms with Crippen LogP contribution in [0.25, 0.3) is 0 Å². The Morgan fingerprint density at radius 3 is 3.13 bits per heavy atom. The first-order chi connectivity index (χ1) is 7.22. The zero-order valence-electron chi connectivity index (χ0n) is 8.85. The lowest BCUT2D eigenvalue weighted by Gasteiger charge is -2.36. The van der Waals surface area contributed by atoms with Crippen LogP contribution in [-0.2, 0) is 6.61 Å². The van der Waals surface area contributed by atoms with E-state index in [0.717, 1.165) is 19.4 Å². The van der Waals surface area contributed by atoms with E-state index in [-0.39, 0.29) is 18.7 Å². The first kappa shape index (κ1) is 10.4. The van der Waals surface area contributed by atoms with Gasteiger partial charge in [-0.2, -0.15) is 4.98 Å². The fourth-order valence-electron chi connectivity index (χ4n) is 1.94. The number of nitrogens with one attached hydrogen (secondary N) is 1. The lowest BCUT2D eigenvalue weighted by molar-refractivity contribution is 0.272. The van der Waals surface area contributed by atoms with Crippen molar-refractivity contribution in [3.05, 3.63) is 5.82 Å². The molecule has 6 nitrogen and oxygen atoms in total. The molecule has 1 fully saturated rings. The van der Waals surface area contributed by atoms with Crippen LogP contribution in [0.15, 0.2) is 0 Å². The molecule has 84 valence electrons. The Balaban J connectivity index is 2.14. The van der Waals surface area contributed by atoms with E-state index in [1.807, 2.05) is 0 Å². The summed E-state index contributed by atoms with van der Waals surface area (Å²) in [7, 11) is 0. The number of nitrogens with two attached hydrogens (primary N) is 1. The maximum atomic E-state index is 8.89. The Labute approximate surface area is 88.5 Å². The summed E-state index contributed by atoms with van der Waals surface area (Å²) in [5, 5.41) is 15.7. The lowest BCUT2D eigenvalue weighted by Crippen LogP contribution is -2.50. The molecule has 0 radical (unpaired) electrons. The zero-order chi connectivity index (χ0) is 10.8. The maximum Gasteiger partial charge on any atom is 0.245 e. The fourth-order valence-corrected chi connectivity index (χ4v) is 1.94. The number of nitrogens with zero attached hydrogens (tertiary/aromatic N) is 3. The Kier molecular flexibility index (Phi) is 2.88. The van der Waals surface area contributed by atoms with Crippen molar-refractivity contribution in [3.8, 4) is 0 Å². The van der Waals surface area contributed by atoms with Gasteiger partial charge in [0, 0.05) is 18.6 Å². The number of aliphatic hydroxyl groups excluding tert-OH is 1. The lowest BCUT2D eigenvalue weighted by atomic mass is 9.99. The number of hydrogen-bond donors (Lipinski definition) is 3. The van der Waals surface area contributed by atoms with Gasteiger partial charge in [0.05, 0.1) is 0 Å². The van der Waals surface area contributed by atoms with Gasteiger partial charge in [-0.05, 0) is 19.8 Å². The van der Waals surface area contributed by atoms with Crippen LogP contribution in [0.3, 0.4) is 0 Å². The third-order valence-electron chi connectivity index (χ3n) is 2.97. The number of H-pyrrole nitrogens is 1. The second kappa shape index (κ2) is 4.16. The van der Waals surface area contributed by atoms with Gasteiger partial charge in [-0.25, -0.2) is 0 Å². The molecule has 6 heteroatoms. The molecule has 0 saturated carbocycles. The molecule has 1 aliphatic heterocycles. The van der Waals surface area contributed by atoms with Crippen molar-refractivity contribution >= 4 is 5.95 Å². The van der Waals surface area contributed by atoms with Gasteiger partial charge in [0.25, 0.3) is 0 Å². The van der Waals surface area contributed by atoms with Gasteiger partial charge in [0.1, 0.15) is 6.61 Å². The van der Waals surface area contributed by atoms with Gasteiger partial charge in [-0.1, -0.05) is 0 Å². The minimum absolute atomic E-state index is 0.110. The molecule has 0 aliphatic carbocycles. The van der Waals surface area contributed by atoms with Gasteiger partial charge in [0.2, 0.25) is 5.95 Å². The van der Waals surface area contributed by atoms with Gasteiger partial charge < -0.3 is 15.7 Å². The monoisotopic (exact) mass is 211 g/mol. The summed E-state index contributed by atoms with van der Waals surface area (Å²) in [6, 6.07) is 0.427. The van der Waals surface area contributed by atoms with E-state index < -0.39 is 0 Å². The molecule has 1 aromatic rings. The van der Waals surface area contributed by atoms with E-state index in [2.05, 4.69) is 27.0 Å². The van der Waals surface area contributed by atoms with Crippen molar-refractivity contribution in [2.75, 3.05) is 11.4 Å². The van der Waals surface area contributed by atoms with E-state index >= 15 is 0 Å². The van der Waals surface area contributed by atoms with Crippen molar-refractivity contribution in [1.29, 1.82) is 0 Å². The van der Waals surface area contributed by atoms with E-state index in [1.165, 1.54) is 0 Å². The quantitative estimate of drug-likeness (QED) is 0.620. The van der Waals surface area contributed by atoms with Crippen LogP contribution >= 0.6 is 0 Å². The Morgan fingerprint density at radius 1 is 1.67 bits per heavy atom. The first-order valence-electron chi connectivity index (χ1n) is 5.26. The van der Waals surface area contributed by atoms with Gasteiger partial charge >= 0.3 is 0 Å². The van der Waals surface area contributed by atoms with Crippen LogP contribution in [0, 0.1) is 0 Å². The molecule has 2 unspecified atom stereocenters. The molecule has 15 heavy (non-hydrogen) atoms. The van der Waals surface area contributed by atoms with Crippen molar-refractivity contribution < 1.29 is 5.11 Å². The van der Waals surface area contributed by atoms with Gasteiger partial charge in [0.15, 0.2) is 5.82 Å². The van der Waals surface area contributed by atoms with Crippen LogP contribution in [0.1, 0.15) is 25.6 Å². The largest absolute Gasteiger partial charge is 0.388 e. The zero-order valence-corrected chi connectivity index (χ0v) is 8.85. The molecule has 0 aromatic carbocycles. The summed E-state index contributed by atoms with van der Waals surface area (Å²) in [5.74, 6) is 1.14. The average Bonchev–Trinajstić information content (AvgIpc) is 2.70. The molecule has 1 aliphatic rings. The molecular formula is C9H17N5O. The molecule has 0 bridgehead atoms. The van der Waals surface area contributed by atoms with Crippen molar-refractivity contribution in [3.63, 3.8) is 0 Å². The highest BCUT2D eigenvalue weighted by atomic mass is 16.3. The number of hydrogen-bond acceptors (Lipinski definition) is 5. The van der Waals surface area contributed by atoms with Gasteiger partial charge in [-0.15, -0.1) is 5.10 Å². The second-order valence-electron chi connectivity index (χ2n) is 3.98. The number of aromatic nitrogens is 3. The molecule has 0 amide bonds. The topological polar surface area (TPSA) is 91.1 Å². The van der Waals surface area contributed by atoms with E-state index in [4.69, 9.17) is 10.8 Å². The summed E-state index contributed by atoms with van der Waals surface area (Å²) < 4.78 is 0. The summed E-state index contributed by atoms with van der Waals surface area (Å²) in [6.45, 7) is 2.90. The normalized spacial score (nSPS) is 27.0. The highest BCUT2D eigenvalue weighted by Gasteiger charge is 2.27. The van der Waals surface area contributed by atoms with Crippen LogP contribution < -0.4 is 10.6 Å². The van der Waals surface area contributed by atoms with Gasteiger partial charge in [-0.3, -0.25) is 5.10 Å². The summed E-state index contributed by atoms with van der Waals surface area (Å²) >= 11 is 0. The van der Waals surface area contributed by atoms with Crippen LogP contribution in [0.5, 0.6) is 0 Å². The number of rotatable bonds is 2. The van der Waals surface area contributed by atoms with Crippen LogP contribution in [0.4, 0.5) is 5.95 Å². The molecule has 2 heterocycles. The molecule has 2 rings (SSSR count). The second-order valence-corrected chi connectivity index (χ2v) is 3.98. The minimum atomic E-state index is -0.110. The molecule has 2 atom stereocenters. The van der Waals surface area contributed by atoms with Crippen LogP contribution in [-0.4, -0.2) is 38.9 Å². The first-order valence-corrected chi connectivity index (χ1v) is 5.26. The van der Waals surface area contributed by atoms with Crippen molar-refractivity contribution in [1.82, 2.24) is 15.2 Å². The van der Waals surface area contributed by atoms with E-state index in [9.17, 15) is 0 Å². The van der Waals surface area contributed by atoms with Crippen molar-refractivity contribution in [2.24, 2.45) is 5.73 Å². The summed E-state index contributed by atoms with van der Waals surface area (Å²) in [5.41, 5.74) is 5.99. The third-order valence-corrected chi connectivity index (χ3v) is 2.97. The number of piperidine rings is 1. The molecule has 1 aromatic heterocycles. The smallest absolute Gasteiger partial charge is 0.245 e. The van der Waals surface area contributed by atoms with E-state index in [0.29, 0.717) is 11.8 Å². The number of aliphatic hydroxyl groups is 1. The minimum Gasteiger partial charge on any atom is -0.388 e. The van der Waals surface area contributed by atoms with E-state index in [1.54, 1.807) is 0 Å². The fraction of sp³-hybridized carbons (Fsp3) is 0.778. The Morgan fingerprint density at radius 2 is 2.47 bits per heavy atom. The molecule has 4 N–H and O–H groups in total. The summed E-state index contributed by atoms with van der Waals surface area (Å²) in [4.78, 5) is 6.28. The Hall–Kier alpha value is -1.14. The average molecular weight is 211 g/mol. The predicted octanol–water partition coefficient (Wildman–Crippen LogP) is -0.387. The SMILES string of the molecule is CC1C(N)CCCN1c1n[nH]c(CO)n1.